The van der Waals surface area contributed by atoms with Gasteiger partial charge in [-0.3, -0.25) is 4.99 Å². The predicted molar refractivity (Wildman–Crippen MR) is 61.6 cm³/mol. The number of hydrogen-bond acceptors (Lipinski definition) is 1. The van der Waals surface area contributed by atoms with E-state index in [4.69, 9.17) is 0 Å². The van der Waals surface area contributed by atoms with Gasteiger partial charge >= 0.3 is 0 Å². The summed E-state index contributed by atoms with van der Waals surface area (Å²) in [5.41, 5.74) is 3.84. The first-order valence-electron chi connectivity index (χ1n) is 5.06. The molecular weight excluding hydrogens is 170 g/mol. The van der Waals surface area contributed by atoms with E-state index in [0.717, 1.165) is 6.42 Å². The number of rotatable bonds is 1. The molecule has 72 valence electrons. The summed E-state index contributed by atoms with van der Waals surface area (Å²) >= 11 is 0. The van der Waals surface area contributed by atoms with E-state index in [2.05, 4.69) is 49.2 Å². The molecule has 0 N–H and O–H groups in total. The Morgan fingerprint density at radius 2 is 2.00 bits per heavy atom. The number of benzene rings is 1. The summed E-state index contributed by atoms with van der Waals surface area (Å²) in [6.45, 7) is 4.26. The lowest BCUT2D eigenvalue weighted by Gasteiger charge is -1.98. The smallest absolute Gasteiger partial charge is 0.0515 e. The minimum atomic E-state index is 0.463. The van der Waals surface area contributed by atoms with Gasteiger partial charge in [0.25, 0.3) is 0 Å². The molecule has 1 aromatic carbocycles. The molecule has 2 rings (SSSR count). The number of nitrogens with zero attached hydrogens (tertiary/aromatic N) is 1. The Morgan fingerprint density at radius 1 is 1.29 bits per heavy atom. The third kappa shape index (κ3) is 1.92. The first-order valence-corrected chi connectivity index (χ1v) is 5.06. The average molecular weight is 185 g/mol. The van der Waals surface area contributed by atoms with Crippen molar-refractivity contribution in [3.8, 4) is 0 Å². The van der Waals surface area contributed by atoms with Gasteiger partial charge in [0.1, 0.15) is 0 Å². The van der Waals surface area contributed by atoms with Crippen LogP contribution in [0.2, 0.25) is 0 Å². The van der Waals surface area contributed by atoms with Crippen molar-refractivity contribution in [1.82, 2.24) is 0 Å². The SMILES string of the molecule is CC1=NC(C)C/C1=C/c1ccccc1. The van der Waals surface area contributed by atoms with Crippen LogP contribution >= 0.6 is 0 Å². The molecule has 1 heteroatoms. The van der Waals surface area contributed by atoms with Gasteiger partial charge in [-0.15, -0.1) is 0 Å². The Kier molecular flexibility index (Phi) is 2.49. The number of hydrogen-bond donors (Lipinski definition) is 0. The summed E-state index contributed by atoms with van der Waals surface area (Å²) < 4.78 is 0. The molecule has 0 radical (unpaired) electrons. The van der Waals surface area contributed by atoms with Crippen LogP contribution in [-0.4, -0.2) is 11.8 Å². The van der Waals surface area contributed by atoms with Gasteiger partial charge < -0.3 is 0 Å². The van der Waals surface area contributed by atoms with Gasteiger partial charge in [0.15, 0.2) is 0 Å². The van der Waals surface area contributed by atoms with Crippen molar-refractivity contribution in [2.45, 2.75) is 26.3 Å². The lowest BCUT2D eigenvalue weighted by molar-refractivity contribution is 0.784. The Hall–Kier alpha value is -1.37. The first-order chi connectivity index (χ1) is 6.75. The second-order valence-electron chi connectivity index (χ2n) is 3.85. The van der Waals surface area contributed by atoms with Gasteiger partial charge in [0, 0.05) is 5.71 Å². The minimum absolute atomic E-state index is 0.463. The maximum absolute atomic E-state index is 4.51. The second-order valence-corrected chi connectivity index (χ2v) is 3.85. The topological polar surface area (TPSA) is 12.4 Å². The Balaban J connectivity index is 2.25. The zero-order valence-electron chi connectivity index (χ0n) is 8.70. The van der Waals surface area contributed by atoms with Crippen LogP contribution in [0.5, 0.6) is 0 Å². The van der Waals surface area contributed by atoms with Crippen LogP contribution < -0.4 is 0 Å². The quantitative estimate of drug-likeness (QED) is 0.636. The maximum Gasteiger partial charge on any atom is 0.0515 e. The Labute approximate surface area is 85.2 Å². The highest BCUT2D eigenvalue weighted by atomic mass is 14.8. The molecule has 1 aliphatic heterocycles. The molecule has 1 atom stereocenters. The minimum Gasteiger partial charge on any atom is -0.286 e. The van der Waals surface area contributed by atoms with E-state index >= 15 is 0 Å². The summed E-state index contributed by atoms with van der Waals surface area (Å²) in [6, 6.07) is 10.9. The summed E-state index contributed by atoms with van der Waals surface area (Å²) in [7, 11) is 0. The third-order valence-corrected chi connectivity index (χ3v) is 2.53. The largest absolute Gasteiger partial charge is 0.286 e. The lowest BCUT2D eigenvalue weighted by Crippen LogP contribution is -1.91. The monoisotopic (exact) mass is 185 g/mol. The van der Waals surface area contributed by atoms with Gasteiger partial charge in [-0.2, -0.15) is 0 Å². The normalized spacial score (nSPS) is 24.0. The van der Waals surface area contributed by atoms with E-state index in [9.17, 15) is 0 Å². The number of aliphatic imine (C=N–C) groups is 1. The molecule has 1 nitrogen and oxygen atoms in total. The zero-order valence-corrected chi connectivity index (χ0v) is 8.70. The van der Waals surface area contributed by atoms with E-state index in [0.29, 0.717) is 6.04 Å². The lowest BCUT2D eigenvalue weighted by atomic mass is 10.0. The summed E-state index contributed by atoms with van der Waals surface area (Å²) in [6.07, 6.45) is 3.32. The van der Waals surface area contributed by atoms with Crippen molar-refractivity contribution in [3.05, 3.63) is 41.5 Å². The van der Waals surface area contributed by atoms with E-state index in [1.54, 1.807) is 0 Å². The summed E-state index contributed by atoms with van der Waals surface area (Å²) in [5.74, 6) is 0. The van der Waals surface area contributed by atoms with E-state index in [1.165, 1.54) is 16.8 Å². The van der Waals surface area contributed by atoms with Gasteiger partial charge in [-0.1, -0.05) is 30.3 Å². The molecule has 1 heterocycles. The fraction of sp³-hybridized carbons (Fsp3) is 0.308. The average Bonchev–Trinajstić information content (AvgIpc) is 2.47. The van der Waals surface area contributed by atoms with Gasteiger partial charge in [0.2, 0.25) is 0 Å². The molecule has 0 aromatic heterocycles. The molecule has 0 amide bonds. The van der Waals surface area contributed by atoms with Crippen molar-refractivity contribution in [1.29, 1.82) is 0 Å². The van der Waals surface area contributed by atoms with E-state index < -0.39 is 0 Å². The van der Waals surface area contributed by atoms with Crippen molar-refractivity contribution in [3.63, 3.8) is 0 Å². The first kappa shape index (κ1) is 9.20. The van der Waals surface area contributed by atoms with E-state index in [-0.39, 0.29) is 0 Å². The highest BCUT2D eigenvalue weighted by Crippen LogP contribution is 2.21. The molecule has 0 bridgehead atoms. The molecule has 0 aliphatic carbocycles. The molecule has 0 saturated carbocycles. The molecule has 0 saturated heterocycles. The fourth-order valence-corrected chi connectivity index (χ4v) is 1.84. The highest BCUT2D eigenvalue weighted by Gasteiger charge is 2.14. The Bertz CT molecular complexity index is 373. The molecule has 1 aliphatic rings. The van der Waals surface area contributed by atoms with Crippen LogP contribution in [0.3, 0.4) is 0 Å². The third-order valence-electron chi connectivity index (χ3n) is 2.53. The maximum atomic E-state index is 4.51. The van der Waals surface area contributed by atoms with Gasteiger partial charge in [-0.25, -0.2) is 0 Å². The van der Waals surface area contributed by atoms with Crippen LogP contribution in [0.15, 0.2) is 40.9 Å². The van der Waals surface area contributed by atoms with Crippen molar-refractivity contribution in [2.75, 3.05) is 0 Å². The van der Waals surface area contributed by atoms with Crippen LogP contribution in [0.1, 0.15) is 25.8 Å². The summed E-state index contributed by atoms with van der Waals surface area (Å²) in [4.78, 5) is 4.51. The van der Waals surface area contributed by atoms with Crippen LogP contribution in [0.4, 0.5) is 0 Å². The standard InChI is InChI=1S/C13H15N/c1-10-8-13(11(2)14-10)9-12-6-4-3-5-7-12/h3-7,9-10H,8H2,1-2H3/b13-9-. The highest BCUT2D eigenvalue weighted by molar-refractivity contribution is 6.03. The van der Waals surface area contributed by atoms with Crippen LogP contribution in [0, 0.1) is 0 Å². The van der Waals surface area contributed by atoms with E-state index in [1.807, 2.05) is 6.07 Å². The molecule has 1 unspecified atom stereocenters. The molecule has 14 heavy (non-hydrogen) atoms. The van der Waals surface area contributed by atoms with Crippen LogP contribution in [-0.2, 0) is 0 Å². The zero-order chi connectivity index (χ0) is 9.97. The second kappa shape index (κ2) is 3.79. The van der Waals surface area contributed by atoms with Crippen molar-refractivity contribution < 1.29 is 0 Å². The predicted octanol–water partition coefficient (Wildman–Crippen LogP) is 3.32. The summed E-state index contributed by atoms with van der Waals surface area (Å²) in [5, 5.41) is 0. The Morgan fingerprint density at radius 3 is 2.57 bits per heavy atom. The molecule has 0 spiro atoms. The fourth-order valence-electron chi connectivity index (χ4n) is 1.84. The molecule has 1 aromatic rings. The van der Waals surface area contributed by atoms with Gasteiger partial charge in [0.05, 0.1) is 6.04 Å². The van der Waals surface area contributed by atoms with Crippen LogP contribution in [0.25, 0.3) is 6.08 Å². The van der Waals surface area contributed by atoms with Crippen molar-refractivity contribution in [2.24, 2.45) is 4.99 Å². The molecular formula is C13H15N. The van der Waals surface area contributed by atoms with Gasteiger partial charge in [-0.05, 0) is 37.5 Å². The van der Waals surface area contributed by atoms with Crippen molar-refractivity contribution >= 4 is 11.8 Å². The molecule has 0 fully saturated rings.